The normalized spacial score (nSPS) is 10.2. The second kappa shape index (κ2) is 11.8. The third-order valence-electron chi connectivity index (χ3n) is 4.56. The summed E-state index contributed by atoms with van der Waals surface area (Å²) in [5, 5.41) is 5.72. The molecule has 0 unspecified atom stereocenters. The van der Waals surface area contributed by atoms with Gasteiger partial charge in [-0.05, 0) is 60.5 Å². The first-order valence-corrected chi connectivity index (χ1v) is 11.1. The van der Waals surface area contributed by atoms with Gasteiger partial charge in [0.1, 0.15) is 5.75 Å². The summed E-state index contributed by atoms with van der Waals surface area (Å²) in [5.41, 5.74) is 2.77. The van der Waals surface area contributed by atoms with Crippen LogP contribution in [0, 0.1) is 0 Å². The lowest BCUT2D eigenvalue weighted by atomic mass is 10.1. The van der Waals surface area contributed by atoms with E-state index in [1.807, 2.05) is 30.3 Å². The van der Waals surface area contributed by atoms with Crippen molar-refractivity contribution in [3.63, 3.8) is 0 Å². The molecule has 0 aromatic heterocycles. The number of ether oxygens (including phenoxy) is 2. The number of benzene rings is 3. The van der Waals surface area contributed by atoms with Crippen molar-refractivity contribution in [2.45, 2.75) is 19.9 Å². The third kappa shape index (κ3) is 7.47. The molecule has 170 valence electrons. The van der Waals surface area contributed by atoms with Crippen LogP contribution in [0.15, 0.2) is 77.3 Å². The Balaban J connectivity index is 1.54. The molecule has 0 atom stereocenters. The fraction of sp³-hybridized carbons (Fsp3) is 0.160. The second-order valence-corrected chi connectivity index (χ2v) is 7.86. The number of carbonyl (C=O) groups excluding carboxylic acids is 3. The van der Waals surface area contributed by atoms with Gasteiger partial charge in [-0.25, -0.2) is 4.79 Å². The average molecular weight is 511 g/mol. The van der Waals surface area contributed by atoms with Crippen molar-refractivity contribution in [1.82, 2.24) is 5.32 Å². The highest BCUT2D eigenvalue weighted by atomic mass is 79.9. The molecule has 2 N–H and O–H groups in total. The first-order valence-electron chi connectivity index (χ1n) is 10.3. The van der Waals surface area contributed by atoms with Gasteiger partial charge in [0.2, 0.25) is 5.91 Å². The molecule has 0 spiro atoms. The van der Waals surface area contributed by atoms with E-state index in [1.54, 1.807) is 37.3 Å². The van der Waals surface area contributed by atoms with E-state index in [1.165, 1.54) is 12.1 Å². The summed E-state index contributed by atoms with van der Waals surface area (Å²) in [7, 11) is 0. The van der Waals surface area contributed by atoms with Gasteiger partial charge in [0.05, 0.1) is 13.0 Å². The molecule has 0 saturated heterocycles. The summed E-state index contributed by atoms with van der Waals surface area (Å²) < 4.78 is 10.6. The van der Waals surface area contributed by atoms with E-state index in [4.69, 9.17) is 9.47 Å². The first kappa shape index (κ1) is 24.0. The Morgan fingerprint density at radius 1 is 0.939 bits per heavy atom. The summed E-state index contributed by atoms with van der Waals surface area (Å²) >= 11 is 3.45. The lowest BCUT2D eigenvalue weighted by molar-refractivity contribution is -0.120. The average Bonchev–Trinajstić information content (AvgIpc) is 2.80. The zero-order chi connectivity index (χ0) is 23.6. The molecule has 7 nitrogen and oxygen atoms in total. The highest BCUT2D eigenvalue weighted by Crippen LogP contribution is 2.17. The van der Waals surface area contributed by atoms with Crippen LogP contribution in [0.2, 0.25) is 0 Å². The van der Waals surface area contributed by atoms with Crippen molar-refractivity contribution in [3.8, 4) is 5.75 Å². The molecule has 3 rings (SSSR count). The highest BCUT2D eigenvalue weighted by Gasteiger charge is 2.10. The van der Waals surface area contributed by atoms with Gasteiger partial charge in [-0.1, -0.05) is 46.3 Å². The van der Waals surface area contributed by atoms with Gasteiger partial charge in [-0.2, -0.15) is 0 Å². The molecular weight excluding hydrogens is 488 g/mol. The minimum atomic E-state index is -0.796. The number of nitrogens with one attached hydrogen (secondary N) is 2. The molecule has 0 saturated carbocycles. The summed E-state index contributed by atoms with van der Waals surface area (Å²) in [6, 6.07) is 21.0. The van der Waals surface area contributed by atoms with E-state index in [-0.39, 0.29) is 30.6 Å². The molecule has 0 aliphatic heterocycles. The molecule has 33 heavy (non-hydrogen) atoms. The number of anilines is 1. The topological polar surface area (TPSA) is 93.7 Å². The van der Waals surface area contributed by atoms with E-state index in [0.717, 1.165) is 15.6 Å². The SMILES string of the molecule is CCOC(=O)Oc1ccc(C(=O)Nc2cccc(CNC(=O)Cc3ccccc3Br)c2)cc1. The minimum absolute atomic E-state index is 0.0959. The zero-order valence-corrected chi connectivity index (χ0v) is 19.6. The van der Waals surface area contributed by atoms with Gasteiger partial charge in [-0.3, -0.25) is 9.59 Å². The molecule has 8 heteroatoms. The van der Waals surface area contributed by atoms with Gasteiger partial charge in [-0.15, -0.1) is 0 Å². The van der Waals surface area contributed by atoms with Gasteiger partial charge in [0.25, 0.3) is 5.91 Å². The van der Waals surface area contributed by atoms with Crippen LogP contribution in [0.4, 0.5) is 10.5 Å². The molecule has 0 heterocycles. The fourth-order valence-corrected chi connectivity index (χ4v) is 3.38. The fourth-order valence-electron chi connectivity index (χ4n) is 2.96. The van der Waals surface area contributed by atoms with Crippen LogP contribution in [-0.4, -0.2) is 24.6 Å². The standard InChI is InChI=1S/C25H23BrN2O5/c1-2-32-25(31)33-21-12-10-18(11-13-21)24(30)28-20-8-5-6-17(14-20)16-27-23(29)15-19-7-3-4-9-22(19)26/h3-14H,2,15-16H2,1H3,(H,27,29)(H,28,30). The summed E-state index contributed by atoms with van der Waals surface area (Å²) in [6.45, 7) is 2.24. The summed E-state index contributed by atoms with van der Waals surface area (Å²) in [5.74, 6) is -0.125. The maximum Gasteiger partial charge on any atom is 0.513 e. The Labute approximate surface area is 200 Å². The molecule has 3 aromatic rings. The number of hydrogen-bond donors (Lipinski definition) is 2. The van der Waals surface area contributed by atoms with Crippen molar-refractivity contribution in [1.29, 1.82) is 0 Å². The Kier molecular flexibility index (Phi) is 8.60. The van der Waals surface area contributed by atoms with Crippen molar-refractivity contribution in [2.24, 2.45) is 0 Å². The number of halogens is 1. The Morgan fingerprint density at radius 2 is 1.70 bits per heavy atom. The van der Waals surface area contributed by atoms with E-state index in [2.05, 4.69) is 26.6 Å². The van der Waals surface area contributed by atoms with Crippen molar-refractivity contribution >= 4 is 39.6 Å². The predicted octanol–water partition coefficient (Wildman–Crippen LogP) is 5.10. The number of amides is 2. The highest BCUT2D eigenvalue weighted by molar-refractivity contribution is 9.10. The minimum Gasteiger partial charge on any atom is -0.434 e. The van der Waals surface area contributed by atoms with E-state index in [9.17, 15) is 14.4 Å². The van der Waals surface area contributed by atoms with E-state index >= 15 is 0 Å². The first-order chi connectivity index (χ1) is 15.9. The van der Waals surface area contributed by atoms with Crippen LogP contribution in [0.3, 0.4) is 0 Å². The predicted molar refractivity (Wildman–Crippen MR) is 128 cm³/mol. The van der Waals surface area contributed by atoms with Crippen LogP contribution in [-0.2, 0) is 22.5 Å². The van der Waals surface area contributed by atoms with Crippen LogP contribution in [0.25, 0.3) is 0 Å². The van der Waals surface area contributed by atoms with Gasteiger partial charge in [0, 0.05) is 22.3 Å². The van der Waals surface area contributed by atoms with Crippen molar-refractivity contribution in [3.05, 3.63) is 94.0 Å². The van der Waals surface area contributed by atoms with Crippen LogP contribution >= 0.6 is 15.9 Å². The smallest absolute Gasteiger partial charge is 0.434 e. The molecule has 2 amide bonds. The molecule has 0 radical (unpaired) electrons. The molecule has 0 aliphatic rings. The van der Waals surface area contributed by atoms with Crippen molar-refractivity contribution in [2.75, 3.05) is 11.9 Å². The largest absolute Gasteiger partial charge is 0.513 e. The molecule has 0 fully saturated rings. The third-order valence-corrected chi connectivity index (χ3v) is 5.34. The Bertz CT molecular complexity index is 1130. The quantitative estimate of drug-likeness (QED) is 0.325. The lowest BCUT2D eigenvalue weighted by Gasteiger charge is -2.10. The Morgan fingerprint density at radius 3 is 2.42 bits per heavy atom. The molecular formula is C25H23BrN2O5. The second-order valence-electron chi connectivity index (χ2n) is 7.01. The van der Waals surface area contributed by atoms with Crippen LogP contribution in [0.5, 0.6) is 5.75 Å². The molecule has 0 aliphatic carbocycles. The summed E-state index contributed by atoms with van der Waals surface area (Å²) in [4.78, 5) is 36.2. The van der Waals surface area contributed by atoms with E-state index < -0.39 is 6.16 Å². The molecule has 0 bridgehead atoms. The van der Waals surface area contributed by atoms with Gasteiger partial charge < -0.3 is 20.1 Å². The Hall–Kier alpha value is -3.65. The number of rotatable bonds is 8. The van der Waals surface area contributed by atoms with Crippen molar-refractivity contribution < 1.29 is 23.9 Å². The zero-order valence-electron chi connectivity index (χ0n) is 18.0. The van der Waals surface area contributed by atoms with Crippen LogP contribution < -0.4 is 15.4 Å². The maximum absolute atomic E-state index is 12.5. The number of hydrogen-bond acceptors (Lipinski definition) is 5. The van der Waals surface area contributed by atoms with Gasteiger partial charge >= 0.3 is 6.16 Å². The van der Waals surface area contributed by atoms with Crippen LogP contribution in [0.1, 0.15) is 28.4 Å². The molecule has 3 aromatic carbocycles. The lowest BCUT2D eigenvalue weighted by Crippen LogP contribution is -2.24. The monoisotopic (exact) mass is 510 g/mol. The van der Waals surface area contributed by atoms with Gasteiger partial charge in [0.15, 0.2) is 0 Å². The van der Waals surface area contributed by atoms with E-state index in [0.29, 0.717) is 17.8 Å². The summed E-state index contributed by atoms with van der Waals surface area (Å²) in [6.07, 6.45) is -0.525. The number of carbonyl (C=O) groups is 3. The maximum atomic E-state index is 12.5.